The largest absolute Gasteiger partial charge is 0.337 e. The van der Waals surface area contributed by atoms with Gasteiger partial charge in [-0.2, -0.15) is 0 Å². The van der Waals surface area contributed by atoms with E-state index in [1.165, 1.54) is 6.20 Å². The van der Waals surface area contributed by atoms with Gasteiger partial charge in [0.15, 0.2) is 5.69 Å². The van der Waals surface area contributed by atoms with Gasteiger partial charge in [0.05, 0.1) is 11.2 Å². The molecule has 1 aromatic heterocycles. The summed E-state index contributed by atoms with van der Waals surface area (Å²) in [5.74, 6) is 0.668. The van der Waals surface area contributed by atoms with Crippen LogP contribution in [-0.2, 0) is 0 Å². The fourth-order valence-corrected chi connectivity index (χ4v) is 2.49. The van der Waals surface area contributed by atoms with Crippen LogP contribution in [0.4, 0.5) is 0 Å². The van der Waals surface area contributed by atoms with Gasteiger partial charge >= 0.3 is 0 Å². The van der Waals surface area contributed by atoms with Crippen molar-refractivity contribution in [2.75, 3.05) is 19.6 Å². The maximum Gasteiger partial charge on any atom is 0.274 e. The second-order valence-corrected chi connectivity index (χ2v) is 6.48. The van der Waals surface area contributed by atoms with Gasteiger partial charge in [-0.1, -0.05) is 32.4 Å². The Balaban J connectivity index is 2.24. The molecule has 0 spiro atoms. The van der Waals surface area contributed by atoms with E-state index in [1.54, 1.807) is 4.90 Å². The Hall–Kier alpha value is -1.20. The van der Waals surface area contributed by atoms with Crippen LogP contribution >= 0.6 is 11.6 Å². The van der Waals surface area contributed by atoms with E-state index in [0.717, 1.165) is 6.42 Å². The summed E-state index contributed by atoms with van der Waals surface area (Å²) >= 11 is 6.08. The Bertz CT molecular complexity index is 520. The normalized spacial score (nSPS) is 22.6. The summed E-state index contributed by atoms with van der Waals surface area (Å²) < 4.78 is 0. The molecule has 1 aliphatic rings. The predicted molar refractivity (Wildman–Crippen MR) is 78.8 cm³/mol. The first-order chi connectivity index (χ1) is 9.36. The number of carbonyl (C=O) groups excluding carboxylic acids is 1. The molecule has 0 aliphatic carbocycles. The molecular formula is C14H21ClN4O. The lowest BCUT2D eigenvalue weighted by atomic mass is 9.90. The van der Waals surface area contributed by atoms with Crippen molar-refractivity contribution in [1.29, 1.82) is 0 Å². The van der Waals surface area contributed by atoms with Crippen LogP contribution in [0.15, 0.2) is 6.20 Å². The SMILES string of the molecule is CC(C)c1ncc(Cl)c(C(=O)N2CCC(C)(CN)C2)n1. The first-order valence-corrected chi connectivity index (χ1v) is 7.26. The number of hydrogen-bond acceptors (Lipinski definition) is 4. The summed E-state index contributed by atoms with van der Waals surface area (Å²) in [6.07, 6.45) is 2.42. The molecule has 2 heterocycles. The molecule has 1 unspecified atom stereocenters. The second-order valence-electron chi connectivity index (χ2n) is 6.07. The van der Waals surface area contributed by atoms with Crippen molar-refractivity contribution >= 4 is 17.5 Å². The third-order valence-electron chi connectivity index (χ3n) is 3.82. The third kappa shape index (κ3) is 2.94. The van der Waals surface area contributed by atoms with Gasteiger partial charge < -0.3 is 10.6 Å². The van der Waals surface area contributed by atoms with Crippen molar-refractivity contribution in [3.8, 4) is 0 Å². The van der Waals surface area contributed by atoms with Crippen LogP contribution in [0.25, 0.3) is 0 Å². The highest BCUT2D eigenvalue weighted by Gasteiger charge is 2.36. The lowest BCUT2D eigenvalue weighted by molar-refractivity contribution is 0.0770. The van der Waals surface area contributed by atoms with Crippen LogP contribution in [0.1, 0.15) is 49.4 Å². The van der Waals surface area contributed by atoms with E-state index in [0.29, 0.717) is 36.2 Å². The minimum atomic E-state index is -0.128. The molecule has 1 atom stereocenters. The van der Waals surface area contributed by atoms with Crippen LogP contribution < -0.4 is 5.73 Å². The van der Waals surface area contributed by atoms with Gasteiger partial charge in [-0.25, -0.2) is 9.97 Å². The summed E-state index contributed by atoms with van der Waals surface area (Å²) in [6, 6.07) is 0. The maximum atomic E-state index is 12.6. The summed E-state index contributed by atoms with van der Waals surface area (Å²) in [5, 5.41) is 0.306. The van der Waals surface area contributed by atoms with Crippen molar-refractivity contribution in [1.82, 2.24) is 14.9 Å². The van der Waals surface area contributed by atoms with E-state index in [9.17, 15) is 4.79 Å². The van der Waals surface area contributed by atoms with Gasteiger partial charge in [-0.15, -0.1) is 0 Å². The van der Waals surface area contributed by atoms with Gasteiger partial charge in [0.2, 0.25) is 0 Å². The number of nitrogens with two attached hydrogens (primary N) is 1. The van der Waals surface area contributed by atoms with E-state index in [4.69, 9.17) is 17.3 Å². The maximum absolute atomic E-state index is 12.6. The summed E-state index contributed by atoms with van der Waals surface area (Å²) in [7, 11) is 0. The molecule has 5 nitrogen and oxygen atoms in total. The van der Waals surface area contributed by atoms with E-state index in [1.807, 2.05) is 13.8 Å². The number of nitrogens with zero attached hydrogens (tertiary/aromatic N) is 3. The minimum absolute atomic E-state index is 0.00392. The monoisotopic (exact) mass is 296 g/mol. The smallest absolute Gasteiger partial charge is 0.274 e. The second kappa shape index (κ2) is 5.66. The molecule has 1 saturated heterocycles. The Morgan fingerprint density at radius 3 is 2.85 bits per heavy atom. The molecule has 0 aromatic carbocycles. The van der Waals surface area contributed by atoms with Gasteiger partial charge in [0.25, 0.3) is 5.91 Å². The van der Waals surface area contributed by atoms with E-state index in [-0.39, 0.29) is 17.2 Å². The van der Waals surface area contributed by atoms with Crippen LogP contribution in [0.2, 0.25) is 5.02 Å². The first kappa shape index (κ1) is 15.2. The molecule has 2 rings (SSSR count). The minimum Gasteiger partial charge on any atom is -0.337 e. The topological polar surface area (TPSA) is 72.1 Å². The van der Waals surface area contributed by atoms with Crippen molar-refractivity contribution in [3.05, 3.63) is 22.7 Å². The Kier molecular flexibility index (Phi) is 4.30. The third-order valence-corrected chi connectivity index (χ3v) is 4.10. The molecule has 1 aromatic rings. The average molecular weight is 297 g/mol. The molecule has 6 heteroatoms. The summed E-state index contributed by atoms with van der Waals surface area (Å²) in [4.78, 5) is 22.8. The quantitative estimate of drug-likeness (QED) is 0.927. The van der Waals surface area contributed by atoms with Crippen molar-refractivity contribution in [2.45, 2.75) is 33.1 Å². The van der Waals surface area contributed by atoms with Crippen LogP contribution in [0.3, 0.4) is 0 Å². The van der Waals surface area contributed by atoms with Gasteiger partial charge in [0, 0.05) is 19.0 Å². The number of rotatable bonds is 3. The number of halogens is 1. The van der Waals surface area contributed by atoms with E-state index < -0.39 is 0 Å². The number of carbonyl (C=O) groups is 1. The highest BCUT2D eigenvalue weighted by molar-refractivity contribution is 6.33. The van der Waals surface area contributed by atoms with Gasteiger partial charge in [-0.05, 0) is 18.4 Å². The van der Waals surface area contributed by atoms with Crippen LogP contribution in [0.5, 0.6) is 0 Å². The Morgan fingerprint density at radius 2 is 2.30 bits per heavy atom. The van der Waals surface area contributed by atoms with E-state index >= 15 is 0 Å². The number of hydrogen-bond donors (Lipinski definition) is 1. The molecule has 1 fully saturated rings. The zero-order valence-corrected chi connectivity index (χ0v) is 12.9. The van der Waals surface area contributed by atoms with Crippen LogP contribution in [-0.4, -0.2) is 40.4 Å². The molecular weight excluding hydrogens is 276 g/mol. The molecule has 1 aliphatic heterocycles. The predicted octanol–water partition coefficient (Wildman–Crippen LogP) is 2.06. The van der Waals surface area contributed by atoms with Crippen LogP contribution in [0, 0.1) is 5.41 Å². The number of likely N-dealkylation sites (tertiary alicyclic amines) is 1. The molecule has 0 radical (unpaired) electrons. The first-order valence-electron chi connectivity index (χ1n) is 6.88. The summed E-state index contributed by atoms with van der Waals surface area (Å²) in [6.45, 7) is 7.99. The molecule has 110 valence electrons. The highest BCUT2D eigenvalue weighted by atomic mass is 35.5. The lowest BCUT2D eigenvalue weighted by Crippen LogP contribution is -2.35. The van der Waals surface area contributed by atoms with Gasteiger partial charge in [-0.3, -0.25) is 4.79 Å². The molecule has 20 heavy (non-hydrogen) atoms. The van der Waals surface area contributed by atoms with E-state index in [2.05, 4.69) is 16.9 Å². The summed E-state index contributed by atoms with van der Waals surface area (Å²) in [5.41, 5.74) is 6.07. The zero-order valence-electron chi connectivity index (χ0n) is 12.2. The molecule has 2 N–H and O–H groups in total. The standard InChI is InChI=1S/C14H21ClN4O/c1-9(2)12-17-6-10(15)11(18-12)13(20)19-5-4-14(3,7-16)8-19/h6,9H,4-5,7-8,16H2,1-3H3. The van der Waals surface area contributed by atoms with Crippen molar-refractivity contribution < 1.29 is 4.79 Å². The fourth-order valence-electron chi connectivity index (χ4n) is 2.32. The number of aromatic nitrogens is 2. The fraction of sp³-hybridized carbons (Fsp3) is 0.643. The Labute approximate surface area is 124 Å². The van der Waals surface area contributed by atoms with Crippen molar-refractivity contribution in [3.63, 3.8) is 0 Å². The number of amides is 1. The average Bonchev–Trinajstić information content (AvgIpc) is 2.82. The van der Waals surface area contributed by atoms with Crippen molar-refractivity contribution in [2.24, 2.45) is 11.1 Å². The highest BCUT2D eigenvalue weighted by Crippen LogP contribution is 2.30. The molecule has 0 bridgehead atoms. The molecule has 0 saturated carbocycles. The Morgan fingerprint density at radius 1 is 1.60 bits per heavy atom. The molecule has 1 amide bonds. The van der Waals surface area contributed by atoms with Gasteiger partial charge in [0.1, 0.15) is 5.82 Å². The zero-order chi connectivity index (χ0) is 14.9. The lowest BCUT2D eigenvalue weighted by Gasteiger charge is -2.22.